The largest absolute Gasteiger partial charge is 0.311 e. The summed E-state index contributed by atoms with van der Waals surface area (Å²) < 4.78 is 2.05. The van der Waals surface area contributed by atoms with E-state index in [1.165, 1.54) is 57.2 Å². The second kappa shape index (κ2) is 5.86. The fourth-order valence-corrected chi connectivity index (χ4v) is 4.38. The second-order valence-electron chi connectivity index (χ2n) is 6.36. The van der Waals surface area contributed by atoms with E-state index in [9.17, 15) is 0 Å². The SMILES string of the molecule is CCn1cc(C(NC)C2(N3CCCC3)CCCC2)cn1. The molecule has 1 aliphatic heterocycles. The number of aryl methyl sites for hydroxylation is 1. The fraction of sp³-hybridized carbons (Fsp3) is 0.812. The molecule has 0 aromatic carbocycles. The van der Waals surface area contributed by atoms with Gasteiger partial charge >= 0.3 is 0 Å². The Morgan fingerprint density at radius 1 is 1.25 bits per heavy atom. The van der Waals surface area contributed by atoms with E-state index in [0.717, 1.165) is 6.54 Å². The number of hydrogen-bond acceptors (Lipinski definition) is 3. The van der Waals surface area contributed by atoms with Crippen LogP contribution >= 0.6 is 0 Å². The lowest BCUT2D eigenvalue weighted by atomic mass is 9.83. The molecule has 0 radical (unpaired) electrons. The lowest BCUT2D eigenvalue weighted by Gasteiger charge is -2.44. The molecule has 0 amide bonds. The van der Waals surface area contributed by atoms with Gasteiger partial charge < -0.3 is 5.32 Å². The number of nitrogens with zero attached hydrogens (tertiary/aromatic N) is 3. The topological polar surface area (TPSA) is 33.1 Å². The van der Waals surface area contributed by atoms with Crippen LogP contribution in [0.4, 0.5) is 0 Å². The van der Waals surface area contributed by atoms with Crippen LogP contribution in [0.2, 0.25) is 0 Å². The molecule has 1 aliphatic carbocycles. The Morgan fingerprint density at radius 3 is 2.50 bits per heavy atom. The zero-order valence-corrected chi connectivity index (χ0v) is 12.9. The highest BCUT2D eigenvalue weighted by atomic mass is 15.3. The van der Waals surface area contributed by atoms with E-state index in [1.807, 2.05) is 4.68 Å². The smallest absolute Gasteiger partial charge is 0.0538 e. The van der Waals surface area contributed by atoms with Crippen molar-refractivity contribution < 1.29 is 0 Å². The Hall–Kier alpha value is -0.870. The van der Waals surface area contributed by atoms with Gasteiger partial charge in [-0.1, -0.05) is 12.8 Å². The van der Waals surface area contributed by atoms with Crippen LogP contribution in [0.5, 0.6) is 0 Å². The van der Waals surface area contributed by atoms with Crippen molar-refractivity contribution in [1.29, 1.82) is 0 Å². The third kappa shape index (κ3) is 2.29. The van der Waals surface area contributed by atoms with Gasteiger partial charge in [-0.25, -0.2) is 0 Å². The molecule has 1 saturated carbocycles. The van der Waals surface area contributed by atoms with Crippen molar-refractivity contribution in [3.05, 3.63) is 18.0 Å². The minimum absolute atomic E-state index is 0.326. The number of hydrogen-bond donors (Lipinski definition) is 1. The first-order valence-electron chi connectivity index (χ1n) is 8.25. The van der Waals surface area contributed by atoms with Gasteiger partial charge in [0, 0.05) is 23.8 Å². The minimum atomic E-state index is 0.326. The van der Waals surface area contributed by atoms with Crippen LogP contribution in [0.3, 0.4) is 0 Å². The van der Waals surface area contributed by atoms with Gasteiger partial charge in [-0.3, -0.25) is 9.58 Å². The summed E-state index contributed by atoms with van der Waals surface area (Å²) in [6, 6.07) is 0.420. The highest BCUT2D eigenvalue weighted by Crippen LogP contribution is 2.45. The van der Waals surface area contributed by atoms with Gasteiger partial charge in [0.2, 0.25) is 0 Å². The molecular weight excluding hydrogens is 248 g/mol. The maximum atomic E-state index is 4.49. The van der Waals surface area contributed by atoms with Crippen LogP contribution in [-0.4, -0.2) is 40.4 Å². The molecule has 1 aromatic heterocycles. The normalized spacial score (nSPS) is 24.3. The number of likely N-dealkylation sites (tertiary alicyclic amines) is 1. The van der Waals surface area contributed by atoms with E-state index in [0.29, 0.717) is 11.6 Å². The number of rotatable bonds is 5. The second-order valence-corrected chi connectivity index (χ2v) is 6.36. The van der Waals surface area contributed by atoms with Crippen molar-refractivity contribution >= 4 is 0 Å². The maximum Gasteiger partial charge on any atom is 0.0538 e. The molecule has 0 spiro atoms. The summed E-state index contributed by atoms with van der Waals surface area (Å²) in [5, 5.41) is 8.11. The first kappa shape index (κ1) is 14.1. The van der Waals surface area contributed by atoms with Gasteiger partial charge in [0.25, 0.3) is 0 Å². The molecular formula is C16H28N4. The third-order valence-electron chi connectivity index (χ3n) is 5.34. The molecule has 1 saturated heterocycles. The molecule has 1 unspecified atom stereocenters. The molecule has 2 aliphatic rings. The summed E-state index contributed by atoms with van der Waals surface area (Å²) in [6.07, 6.45) is 12.4. The number of aromatic nitrogens is 2. The summed E-state index contributed by atoms with van der Waals surface area (Å²) in [7, 11) is 2.12. The fourth-order valence-electron chi connectivity index (χ4n) is 4.38. The standard InChI is InChI=1S/C16H28N4/c1-3-20-13-14(12-18-20)15(17-2)16(8-4-5-9-16)19-10-6-7-11-19/h12-13,15,17H,3-11H2,1-2H3. The van der Waals surface area contributed by atoms with Crippen LogP contribution in [0.1, 0.15) is 57.1 Å². The summed E-state index contributed by atoms with van der Waals surface area (Å²) in [6.45, 7) is 5.66. The molecule has 20 heavy (non-hydrogen) atoms. The van der Waals surface area contributed by atoms with Crippen LogP contribution in [0.25, 0.3) is 0 Å². The van der Waals surface area contributed by atoms with Crippen LogP contribution in [0, 0.1) is 0 Å². The monoisotopic (exact) mass is 276 g/mol. The quantitative estimate of drug-likeness (QED) is 0.897. The van der Waals surface area contributed by atoms with Gasteiger partial charge in [-0.05, 0) is 52.7 Å². The summed E-state index contributed by atoms with van der Waals surface area (Å²) >= 11 is 0. The predicted octanol–water partition coefficient (Wildman–Crippen LogP) is 2.57. The molecule has 2 heterocycles. The molecule has 1 aromatic rings. The summed E-state index contributed by atoms with van der Waals surface area (Å²) in [4.78, 5) is 2.77. The zero-order valence-electron chi connectivity index (χ0n) is 12.9. The van der Waals surface area contributed by atoms with Crippen molar-refractivity contribution in [2.24, 2.45) is 0 Å². The van der Waals surface area contributed by atoms with Crippen LogP contribution in [0.15, 0.2) is 12.4 Å². The van der Waals surface area contributed by atoms with E-state index < -0.39 is 0 Å². The average molecular weight is 276 g/mol. The lowest BCUT2D eigenvalue weighted by Crippen LogP contribution is -2.53. The Bertz CT molecular complexity index is 427. The Kier molecular flexibility index (Phi) is 4.13. The van der Waals surface area contributed by atoms with Crippen molar-refractivity contribution in [3.8, 4) is 0 Å². The molecule has 1 N–H and O–H groups in total. The molecule has 3 rings (SSSR count). The first-order chi connectivity index (χ1) is 9.80. The highest BCUT2D eigenvalue weighted by Gasteiger charge is 2.46. The molecule has 0 bridgehead atoms. The van der Waals surface area contributed by atoms with Crippen LogP contribution < -0.4 is 5.32 Å². The van der Waals surface area contributed by atoms with E-state index >= 15 is 0 Å². The van der Waals surface area contributed by atoms with Gasteiger partial charge in [-0.15, -0.1) is 0 Å². The van der Waals surface area contributed by atoms with Crippen molar-refractivity contribution in [1.82, 2.24) is 20.0 Å². The molecule has 1 atom stereocenters. The third-order valence-corrected chi connectivity index (χ3v) is 5.34. The summed E-state index contributed by atoms with van der Waals surface area (Å²) in [5.41, 5.74) is 1.69. The van der Waals surface area contributed by atoms with Crippen molar-refractivity contribution in [3.63, 3.8) is 0 Å². The molecule has 4 nitrogen and oxygen atoms in total. The molecule has 112 valence electrons. The van der Waals surface area contributed by atoms with E-state index in [2.05, 4.69) is 41.7 Å². The number of nitrogens with one attached hydrogen (secondary N) is 1. The van der Waals surface area contributed by atoms with Crippen molar-refractivity contribution in [2.45, 2.75) is 63.6 Å². The Labute approximate surface area is 122 Å². The van der Waals surface area contributed by atoms with E-state index in [4.69, 9.17) is 0 Å². The van der Waals surface area contributed by atoms with Gasteiger partial charge in [0.1, 0.15) is 0 Å². The van der Waals surface area contributed by atoms with Crippen LogP contribution in [-0.2, 0) is 6.54 Å². The van der Waals surface area contributed by atoms with E-state index in [-0.39, 0.29) is 0 Å². The minimum Gasteiger partial charge on any atom is -0.311 e. The Balaban J connectivity index is 1.91. The maximum absolute atomic E-state index is 4.49. The lowest BCUT2D eigenvalue weighted by molar-refractivity contribution is 0.0796. The zero-order chi connectivity index (χ0) is 14.0. The highest BCUT2D eigenvalue weighted by molar-refractivity contribution is 5.20. The Morgan fingerprint density at radius 2 is 1.95 bits per heavy atom. The average Bonchev–Trinajstić information content (AvgIpc) is 3.21. The summed E-state index contributed by atoms with van der Waals surface area (Å²) in [5.74, 6) is 0. The predicted molar refractivity (Wildman–Crippen MR) is 81.7 cm³/mol. The van der Waals surface area contributed by atoms with Gasteiger partial charge in [0.15, 0.2) is 0 Å². The van der Waals surface area contributed by atoms with Gasteiger partial charge in [-0.2, -0.15) is 5.10 Å². The van der Waals surface area contributed by atoms with Crippen molar-refractivity contribution in [2.75, 3.05) is 20.1 Å². The molecule has 2 fully saturated rings. The molecule has 4 heteroatoms. The first-order valence-corrected chi connectivity index (χ1v) is 8.25. The van der Waals surface area contributed by atoms with E-state index in [1.54, 1.807) is 0 Å². The number of likely N-dealkylation sites (N-methyl/N-ethyl adjacent to an activating group) is 1. The van der Waals surface area contributed by atoms with Gasteiger partial charge in [0.05, 0.1) is 12.2 Å².